The Morgan fingerprint density at radius 2 is 2.21 bits per heavy atom. The van der Waals surface area contributed by atoms with Crippen LogP contribution in [0.5, 0.6) is 0 Å². The number of benzene rings is 1. The number of nitrogens with zero attached hydrogens (tertiary/aromatic N) is 2. The van der Waals surface area contributed by atoms with Crippen LogP contribution in [0.1, 0.15) is 42.8 Å². The van der Waals surface area contributed by atoms with Crippen molar-refractivity contribution >= 4 is 17.2 Å². The number of piperidine rings is 1. The number of hydrogen-bond acceptors (Lipinski definition) is 4. The number of aromatic nitrogens is 1. The quantitative estimate of drug-likeness (QED) is 0.794. The van der Waals surface area contributed by atoms with E-state index in [1.54, 1.807) is 11.3 Å². The van der Waals surface area contributed by atoms with Crippen molar-refractivity contribution in [3.05, 3.63) is 52.5 Å². The fraction of sp³-hybridized carbons (Fsp3) is 0.474. The van der Waals surface area contributed by atoms with Gasteiger partial charge in [0.2, 0.25) is 5.91 Å². The second-order valence-electron chi connectivity index (χ2n) is 6.32. The van der Waals surface area contributed by atoms with Crippen LogP contribution >= 0.6 is 11.3 Å². The fourth-order valence-electron chi connectivity index (χ4n) is 3.13. The van der Waals surface area contributed by atoms with Gasteiger partial charge in [-0.25, -0.2) is 4.98 Å². The summed E-state index contributed by atoms with van der Waals surface area (Å²) in [7, 11) is 0. The van der Waals surface area contributed by atoms with Crippen molar-refractivity contribution in [3.63, 3.8) is 0 Å². The average Bonchev–Trinajstić information content (AvgIpc) is 3.16. The minimum Gasteiger partial charge on any atom is -0.376 e. The molecule has 1 aromatic carbocycles. The molecule has 128 valence electrons. The molecule has 1 saturated heterocycles. The van der Waals surface area contributed by atoms with E-state index in [0.717, 1.165) is 36.4 Å². The Labute approximate surface area is 147 Å². The summed E-state index contributed by atoms with van der Waals surface area (Å²) in [5.41, 5.74) is 1.13. The molecule has 0 N–H and O–H groups in total. The molecule has 1 fully saturated rings. The predicted octanol–water partition coefficient (Wildman–Crippen LogP) is 4.05. The van der Waals surface area contributed by atoms with Gasteiger partial charge < -0.3 is 9.64 Å². The number of likely N-dealkylation sites (tertiary alicyclic amines) is 1. The SMILES string of the molecule is C[C@H](COCc1ccccc1)C(=O)N1CCCC[C@@H]1c1nccs1. The fourth-order valence-corrected chi connectivity index (χ4v) is 3.92. The minimum absolute atomic E-state index is 0.130. The van der Waals surface area contributed by atoms with Crippen LogP contribution in [0, 0.1) is 5.92 Å². The largest absolute Gasteiger partial charge is 0.376 e. The monoisotopic (exact) mass is 344 g/mol. The van der Waals surface area contributed by atoms with Gasteiger partial charge in [-0.15, -0.1) is 11.3 Å². The third-order valence-corrected chi connectivity index (χ3v) is 5.30. The van der Waals surface area contributed by atoms with E-state index >= 15 is 0 Å². The molecule has 2 aromatic rings. The van der Waals surface area contributed by atoms with Gasteiger partial charge in [-0.1, -0.05) is 37.3 Å². The highest BCUT2D eigenvalue weighted by molar-refractivity contribution is 7.09. The summed E-state index contributed by atoms with van der Waals surface area (Å²) < 4.78 is 5.76. The molecule has 2 heterocycles. The zero-order valence-corrected chi connectivity index (χ0v) is 14.9. The first-order valence-corrected chi connectivity index (χ1v) is 9.45. The van der Waals surface area contributed by atoms with Gasteiger partial charge in [0.05, 0.1) is 25.2 Å². The first-order valence-electron chi connectivity index (χ1n) is 8.57. The molecule has 0 bridgehead atoms. The van der Waals surface area contributed by atoms with E-state index in [1.165, 1.54) is 0 Å². The highest BCUT2D eigenvalue weighted by atomic mass is 32.1. The first-order chi connectivity index (χ1) is 11.8. The molecule has 24 heavy (non-hydrogen) atoms. The number of carbonyl (C=O) groups is 1. The van der Waals surface area contributed by atoms with Gasteiger partial charge in [0.25, 0.3) is 0 Å². The molecule has 1 amide bonds. The molecular formula is C19H24N2O2S. The maximum absolute atomic E-state index is 12.9. The molecule has 4 nitrogen and oxygen atoms in total. The normalized spacial score (nSPS) is 19.2. The lowest BCUT2D eigenvalue weighted by atomic mass is 10.00. The summed E-state index contributed by atoms with van der Waals surface area (Å²) in [5.74, 6) is 0.0530. The van der Waals surface area contributed by atoms with E-state index in [2.05, 4.69) is 4.98 Å². The van der Waals surface area contributed by atoms with Crippen LogP contribution in [0.2, 0.25) is 0 Å². The lowest BCUT2D eigenvalue weighted by Crippen LogP contribution is -2.42. The Hall–Kier alpha value is -1.72. The summed E-state index contributed by atoms with van der Waals surface area (Å²) >= 11 is 1.64. The lowest BCUT2D eigenvalue weighted by Gasteiger charge is -2.36. The van der Waals surface area contributed by atoms with Crippen LogP contribution in [0.3, 0.4) is 0 Å². The first kappa shape index (κ1) is 17.1. The standard InChI is InChI=1S/C19H24N2O2S/c1-15(13-23-14-16-7-3-2-4-8-16)19(22)21-11-6-5-9-17(21)18-20-10-12-24-18/h2-4,7-8,10,12,15,17H,5-6,9,11,13-14H2,1H3/t15-,17-/m1/s1. The van der Waals surface area contributed by atoms with Crippen molar-refractivity contribution in [3.8, 4) is 0 Å². The third kappa shape index (κ3) is 4.22. The van der Waals surface area contributed by atoms with Crippen molar-refractivity contribution in [2.45, 2.75) is 38.8 Å². The van der Waals surface area contributed by atoms with Crippen LogP contribution in [0.15, 0.2) is 41.9 Å². The van der Waals surface area contributed by atoms with Crippen LogP contribution in [0.25, 0.3) is 0 Å². The van der Waals surface area contributed by atoms with Gasteiger partial charge in [0, 0.05) is 18.1 Å². The highest BCUT2D eigenvalue weighted by Gasteiger charge is 2.31. The molecular weight excluding hydrogens is 320 g/mol. The van der Waals surface area contributed by atoms with E-state index in [-0.39, 0.29) is 17.9 Å². The smallest absolute Gasteiger partial charge is 0.228 e. The zero-order chi connectivity index (χ0) is 16.8. The Bertz CT molecular complexity index is 630. The molecule has 0 saturated carbocycles. The van der Waals surface area contributed by atoms with Gasteiger partial charge in [0.15, 0.2) is 0 Å². The van der Waals surface area contributed by atoms with Crippen molar-refractivity contribution in [1.29, 1.82) is 0 Å². The second-order valence-corrected chi connectivity index (χ2v) is 7.24. The lowest BCUT2D eigenvalue weighted by molar-refractivity contribution is -0.141. The summed E-state index contributed by atoms with van der Waals surface area (Å²) in [6.07, 6.45) is 5.07. The summed E-state index contributed by atoms with van der Waals surface area (Å²) in [6.45, 7) is 3.79. The van der Waals surface area contributed by atoms with Crippen molar-refractivity contribution < 1.29 is 9.53 Å². The number of amides is 1. The van der Waals surface area contributed by atoms with Crippen molar-refractivity contribution in [2.75, 3.05) is 13.2 Å². The molecule has 2 atom stereocenters. The van der Waals surface area contributed by atoms with Crippen molar-refractivity contribution in [2.24, 2.45) is 5.92 Å². The number of carbonyl (C=O) groups excluding carboxylic acids is 1. The molecule has 3 rings (SSSR count). The Kier molecular flexibility index (Phi) is 5.99. The highest BCUT2D eigenvalue weighted by Crippen LogP contribution is 2.33. The van der Waals surface area contributed by atoms with E-state index in [0.29, 0.717) is 13.2 Å². The molecule has 0 unspecified atom stereocenters. The summed E-state index contributed by atoms with van der Waals surface area (Å²) in [5, 5.41) is 3.04. The summed E-state index contributed by atoms with van der Waals surface area (Å²) in [4.78, 5) is 19.3. The number of rotatable bonds is 6. The molecule has 1 aliphatic heterocycles. The molecule has 1 aliphatic rings. The summed E-state index contributed by atoms with van der Waals surface area (Å²) in [6, 6.07) is 10.2. The van der Waals surface area contributed by atoms with Crippen LogP contribution < -0.4 is 0 Å². The second kappa shape index (κ2) is 8.40. The van der Waals surface area contributed by atoms with E-state index in [4.69, 9.17) is 4.74 Å². The van der Waals surface area contributed by atoms with E-state index in [9.17, 15) is 4.79 Å². The molecule has 1 aromatic heterocycles. The van der Waals surface area contributed by atoms with Gasteiger partial charge in [-0.2, -0.15) is 0 Å². The number of hydrogen-bond donors (Lipinski definition) is 0. The maximum Gasteiger partial charge on any atom is 0.228 e. The van der Waals surface area contributed by atoms with E-state index < -0.39 is 0 Å². The molecule has 0 aliphatic carbocycles. The number of thiazole rings is 1. The Morgan fingerprint density at radius 1 is 1.38 bits per heavy atom. The van der Waals surface area contributed by atoms with Gasteiger partial charge in [0.1, 0.15) is 5.01 Å². The van der Waals surface area contributed by atoms with Crippen LogP contribution in [-0.2, 0) is 16.1 Å². The van der Waals surface area contributed by atoms with Crippen molar-refractivity contribution in [1.82, 2.24) is 9.88 Å². The third-order valence-electron chi connectivity index (χ3n) is 4.42. The molecule has 0 radical (unpaired) electrons. The Morgan fingerprint density at radius 3 is 2.96 bits per heavy atom. The molecule has 5 heteroatoms. The minimum atomic E-state index is -0.130. The average molecular weight is 344 g/mol. The predicted molar refractivity (Wildman–Crippen MR) is 95.7 cm³/mol. The van der Waals surface area contributed by atoms with Gasteiger partial charge in [-0.3, -0.25) is 4.79 Å². The topological polar surface area (TPSA) is 42.4 Å². The van der Waals surface area contributed by atoms with E-state index in [1.807, 2.05) is 53.7 Å². The van der Waals surface area contributed by atoms with Crippen LogP contribution in [0.4, 0.5) is 0 Å². The molecule has 0 spiro atoms. The maximum atomic E-state index is 12.9. The number of ether oxygens (including phenoxy) is 1. The van der Waals surface area contributed by atoms with Crippen LogP contribution in [-0.4, -0.2) is 28.9 Å². The van der Waals surface area contributed by atoms with Gasteiger partial charge >= 0.3 is 0 Å². The van der Waals surface area contributed by atoms with Gasteiger partial charge in [-0.05, 0) is 24.8 Å². The zero-order valence-electron chi connectivity index (χ0n) is 14.1. The Balaban J connectivity index is 1.55.